The maximum atomic E-state index is 13.1. The normalized spacial score (nSPS) is 12.0. The highest BCUT2D eigenvalue weighted by atomic mass is 35.5. The predicted octanol–water partition coefficient (Wildman–Crippen LogP) is 3.91. The van der Waals surface area contributed by atoms with Gasteiger partial charge in [-0.2, -0.15) is 0 Å². The molecule has 10 nitrogen and oxygen atoms in total. The van der Waals surface area contributed by atoms with Gasteiger partial charge in [-0.3, -0.25) is 20.4 Å². The fourth-order valence-electron chi connectivity index (χ4n) is 3.34. The summed E-state index contributed by atoms with van der Waals surface area (Å²) in [5.74, 6) is -6.09. The van der Waals surface area contributed by atoms with Gasteiger partial charge in [0.1, 0.15) is 0 Å². The van der Waals surface area contributed by atoms with Gasteiger partial charge in [-0.05, 0) is 56.3 Å². The molecule has 202 valence electrons. The van der Waals surface area contributed by atoms with Gasteiger partial charge in [0.2, 0.25) is 12.2 Å². The second kappa shape index (κ2) is 12.9. The summed E-state index contributed by atoms with van der Waals surface area (Å²) in [6.45, 7) is 3.42. The second-order valence-electron chi connectivity index (χ2n) is 8.30. The highest BCUT2D eigenvalue weighted by molar-refractivity contribution is 6.36. The molecule has 0 spiro atoms. The Labute approximate surface area is 232 Å². The molecule has 3 N–H and O–H groups in total. The van der Waals surface area contributed by atoms with Crippen LogP contribution in [0.4, 0.5) is 0 Å². The minimum Gasteiger partial charge on any atom is -0.478 e. The van der Waals surface area contributed by atoms with Gasteiger partial charge in [-0.1, -0.05) is 58.6 Å². The Hall–Kier alpha value is -4.41. The number of rotatable bonds is 8. The Morgan fingerprint density at radius 3 is 1.77 bits per heavy atom. The van der Waals surface area contributed by atoms with Crippen molar-refractivity contribution in [3.63, 3.8) is 0 Å². The topological polar surface area (TPSA) is 148 Å². The monoisotopic (exact) mass is 572 g/mol. The zero-order valence-corrected chi connectivity index (χ0v) is 22.1. The van der Waals surface area contributed by atoms with Crippen LogP contribution < -0.4 is 10.9 Å². The first-order valence-corrected chi connectivity index (χ1v) is 12.0. The summed E-state index contributed by atoms with van der Waals surface area (Å²) in [4.78, 5) is 63.2. The van der Waals surface area contributed by atoms with E-state index < -0.39 is 41.9 Å². The average Bonchev–Trinajstić information content (AvgIpc) is 2.88. The van der Waals surface area contributed by atoms with Gasteiger partial charge in [-0.25, -0.2) is 14.4 Å². The summed E-state index contributed by atoms with van der Waals surface area (Å²) < 4.78 is 10.3. The Morgan fingerprint density at radius 2 is 1.28 bits per heavy atom. The molecule has 0 unspecified atom stereocenters. The van der Waals surface area contributed by atoms with Crippen LogP contribution in [0.5, 0.6) is 0 Å². The number of carbonyl (C=O) groups excluding carboxylic acids is 4. The van der Waals surface area contributed by atoms with Crippen LogP contribution in [-0.2, 0) is 19.1 Å². The lowest BCUT2D eigenvalue weighted by atomic mass is 10.1. The lowest BCUT2D eigenvalue weighted by Gasteiger charge is -2.23. The quantitative estimate of drug-likeness (QED) is 0.272. The number of hydrogen-bond acceptors (Lipinski definition) is 7. The predicted molar refractivity (Wildman–Crippen MR) is 140 cm³/mol. The van der Waals surface area contributed by atoms with Gasteiger partial charge < -0.3 is 14.6 Å². The van der Waals surface area contributed by atoms with Crippen LogP contribution >= 0.6 is 23.2 Å². The van der Waals surface area contributed by atoms with Gasteiger partial charge in [0.25, 0.3) is 11.8 Å². The molecule has 2 amide bonds. The number of carboxylic acid groups (broad SMARTS) is 1. The van der Waals surface area contributed by atoms with Crippen LogP contribution in [-0.4, -0.2) is 47.0 Å². The highest BCUT2D eigenvalue weighted by Gasteiger charge is 2.41. The zero-order valence-electron chi connectivity index (χ0n) is 20.6. The third-order valence-electron chi connectivity index (χ3n) is 5.23. The molecule has 0 heterocycles. The van der Waals surface area contributed by atoms with Crippen LogP contribution in [0.2, 0.25) is 10.0 Å². The lowest BCUT2D eigenvalue weighted by Crippen LogP contribution is -2.54. The second-order valence-corrected chi connectivity index (χ2v) is 9.14. The SMILES string of the molecule is Cc1cccc(C(=O)O[C@H](C(=O)O)[C@@H](OC(=O)c2cccc(C)c2)C(=O)NNC(=O)c2ccc(Cl)cc2Cl)c1. The molecule has 3 aromatic rings. The summed E-state index contributed by atoms with van der Waals surface area (Å²) in [5, 5.41) is 10.1. The van der Waals surface area contributed by atoms with E-state index in [9.17, 15) is 29.1 Å². The van der Waals surface area contributed by atoms with E-state index in [4.69, 9.17) is 32.7 Å². The van der Waals surface area contributed by atoms with Crippen LogP contribution in [0.15, 0.2) is 66.7 Å². The molecule has 39 heavy (non-hydrogen) atoms. The number of carboxylic acids is 1. The first kappa shape index (κ1) is 29.2. The molecule has 3 rings (SSSR count). The standard InChI is InChI=1S/C27H22Cl2N2O8/c1-14-5-3-7-16(11-14)26(36)38-21(22(25(34)35)39-27(37)17-8-4-6-15(2)12-17)24(33)31-30-23(32)19-10-9-18(28)13-20(19)29/h3-13,21-22H,1-2H3,(H,30,32)(H,31,33)(H,34,35)/t21-,22+/m1/s1. The van der Waals surface area contributed by atoms with Crippen molar-refractivity contribution in [1.29, 1.82) is 0 Å². The molecule has 3 aromatic carbocycles. The number of nitrogens with one attached hydrogen (secondary N) is 2. The minimum absolute atomic E-state index is 0.0103. The maximum absolute atomic E-state index is 13.1. The van der Waals surface area contributed by atoms with Gasteiger partial charge >= 0.3 is 17.9 Å². The van der Waals surface area contributed by atoms with Crippen LogP contribution in [0, 0.1) is 13.8 Å². The molecule has 0 fully saturated rings. The number of hydrogen-bond donors (Lipinski definition) is 3. The Bertz CT molecular complexity index is 1440. The third-order valence-corrected chi connectivity index (χ3v) is 5.78. The van der Waals surface area contributed by atoms with Crippen LogP contribution in [0.3, 0.4) is 0 Å². The largest absolute Gasteiger partial charge is 0.478 e. The number of amides is 2. The fraction of sp³-hybridized carbons (Fsp3) is 0.148. The number of aryl methyl sites for hydroxylation is 2. The van der Waals surface area contributed by atoms with Crippen molar-refractivity contribution in [2.24, 2.45) is 0 Å². The summed E-state index contributed by atoms with van der Waals surface area (Å²) in [5.41, 5.74) is 5.39. The number of halogens is 2. The molecular formula is C27H22Cl2N2O8. The van der Waals surface area contributed by atoms with E-state index in [0.717, 1.165) is 0 Å². The summed E-state index contributed by atoms with van der Waals surface area (Å²) in [6.07, 6.45) is -4.48. The highest BCUT2D eigenvalue weighted by Crippen LogP contribution is 2.21. The first-order valence-electron chi connectivity index (χ1n) is 11.3. The Balaban J connectivity index is 1.87. The molecule has 12 heteroatoms. The van der Waals surface area contributed by atoms with Gasteiger partial charge in [0.05, 0.1) is 21.7 Å². The first-order chi connectivity index (χ1) is 18.5. The zero-order chi connectivity index (χ0) is 28.7. The van der Waals surface area contributed by atoms with Crippen molar-refractivity contribution in [1.82, 2.24) is 10.9 Å². The molecule has 0 radical (unpaired) electrons. The van der Waals surface area contributed by atoms with Gasteiger partial charge in [0, 0.05) is 5.02 Å². The van der Waals surface area contributed by atoms with Crippen molar-refractivity contribution in [3.8, 4) is 0 Å². The number of esters is 2. The van der Waals surface area contributed by atoms with E-state index in [0.29, 0.717) is 11.1 Å². The molecule has 0 aliphatic heterocycles. The van der Waals surface area contributed by atoms with E-state index in [2.05, 4.69) is 5.43 Å². The van der Waals surface area contributed by atoms with Crippen molar-refractivity contribution in [3.05, 3.63) is 105 Å². The fourth-order valence-corrected chi connectivity index (χ4v) is 3.83. The van der Waals surface area contributed by atoms with E-state index >= 15 is 0 Å². The number of hydrazine groups is 1. The molecule has 2 atom stereocenters. The maximum Gasteiger partial charge on any atom is 0.349 e. The third kappa shape index (κ3) is 7.79. The molecule has 0 bridgehead atoms. The van der Waals surface area contributed by atoms with E-state index in [-0.39, 0.29) is 26.7 Å². The summed E-state index contributed by atoms with van der Waals surface area (Å²) in [7, 11) is 0. The van der Waals surface area contributed by atoms with Crippen molar-refractivity contribution >= 4 is 52.9 Å². The van der Waals surface area contributed by atoms with Gasteiger partial charge in [0.15, 0.2) is 0 Å². The Morgan fingerprint density at radius 1 is 0.744 bits per heavy atom. The summed E-state index contributed by atoms with van der Waals surface area (Å²) in [6, 6.07) is 16.2. The number of aliphatic carboxylic acids is 1. The van der Waals surface area contributed by atoms with Crippen molar-refractivity contribution in [2.45, 2.75) is 26.1 Å². The van der Waals surface area contributed by atoms with E-state index in [1.54, 1.807) is 38.1 Å². The molecule has 0 aliphatic carbocycles. The van der Waals surface area contributed by atoms with Gasteiger partial charge in [-0.15, -0.1) is 0 Å². The van der Waals surface area contributed by atoms with E-state index in [1.165, 1.54) is 42.5 Å². The lowest BCUT2D eigenvalue weighted by molar-refractivity contribution is -0.159. The minimum atomic E-state index is -2.28. The van der Waals surface area contributed by atoms with E-state index in [1.807, 2.05) is 5.43 Å². The van der Waals surface area contributed by atoms with Crippen molar-refractivity contribution < 1.29 is 38.6 Å². The molecule has 0 aliphatic rings. The number of ether oxygens (including phenoxy) is 2. The van der Waals surface area contributed by atoms with Crippen LogP contribution in [0.25, 0.3) is 0 Å². The number of carbonyl (C=O) groups is 5. The molecule has 0 saturated carbocycles. The average molecular weight is 573 g/mol. The van der Waals surface area contributed by atoms with Crippen LogP contribution in [0.1, 0.15) is 42.2 Å². The number of benzene rings is 3. The molecule has 0 aromatic heterocycles. The Kier molecular flexibility index (Phi) is 9.64. The molecular weight excluding hydrogens is 551 g/mol. The summed E-state index contributed by atoms with van der Waals surface area (Å²) >= 11 is 11.8. The van der Waals surface area contributed by atoms with Crippen molar-refractivity contribution in [2.75, 3.05) is 0 Å². The molecule has 0 saturated heterocycles. The smallest absolute Gasteiger partial charge is 0.349 e.